The average molecular weight is 161 g/mol. The zero-order chi connectivity index (χ0) is 8.85. The Bertz CT molecular complexity index is 157. The van der Waals surface area contributed by atoms with Gasteiger partial charge in [0.05, 0.1) is 0 Å². The molecule has 0 N–H and O–H groups in total. The number of ketones is 1. The SMILES string of the molecule is CCCC(=O)[C@H](C)O[N+](=O)[O-]. The molecule has 0 aliphatic rings. The van der Waals surface area contributed by atoms with Crippen LogP contribution in [0.15, 0.2) is 0 Å². The maximum atomic E-state index is 10.8. The molecule has 0 spiro atoms. The van der Waals surface area contributed by atoms with Crippen LogP contribution in [-0.4, -0.2) is 17.0 Å². The summed E-state index contributed by atoms with van der Waals surface area (Å²) in [4.78, 5) is 24.6. The van der Waals surface area contributed by atoms with Crippen molar-refractivity contribution in [2.75, 3.05) is 0 Å². The second-order valence-corrected chi connectivity index (χ2v) is 2.19. The molecule has 5 nitrogen and oxygen atoms in total. The maximum absolute atomic E-state index is 10.8. The van der Waals surface area contributed by atoms with Gasteiger partial charge in [0, 0.05) is 6.42 Å². The van der Waals surface area contributed by atoms with Gasteiger partial charge in [0.15, 0.2) is 11.9 Å². The Morgan fingerprint density at radius 3 is 2.64 bits per heavy atom. The van der Waals surface area contributed by atoms with E-state index in [2.05, 4.69) is 4.84 Å². The first-order valence-corrected chi connectivity index (χ1v) is 3.41. The normalized spacial score (nSPS) is 12.2. The molecule has 0 amide bonds. The molecule has 0 aromatic carbocycles. The van der Waals surface area contributed by atoms with E-state index in [0.29, 0.717) is 12.8 Å². The lowest BCUT2D eigenvalue weighted by Gasteiger charge is -2.05. The van der Waals surface area contributed by atoms with Crippen LogP contribution in [0.4, 0.5) is 0 Å². The van der Waals surface area contributed by atoms with Crippen LogP contribution in [0.25, 0.3) is 0 Å². The minimum Gasteiger partial charge on any atom is -0.303 e. The predicted octanol–water partition coefficient (Wildman–Crippen LogP) is 0.952. The molecular formula is C6H11NO4. The van der Waals surface area contributed by atoms with Gasteiger partial charge in [-0.05, 0) is 13.3 Å². The van der Waals surface area contributed by atoms with E-state index in [9.17, 15) is 14.9 Å². The first kappa shape index (κ1) is 9.87. The van der Waals surface area contributed by atoms with Gasteiger partial charge in [-0.25, -0.2) is 0 Å². The predicted molar refractivity (Wildman–Crippen MR) is 37.5 cm³/mol. The summed E-state index contributed by atoms with van der Waals surface area (Å²) in [6.45, 7) is 3.21. The molecular weight excluding hydrogens is 150 g/mol. The van der Waals surface area contributed by atoms with Gasteiger partial charge in [-0.3, -0.25) is 4.79 Å². The van der Waals surface area contributed by atoms with Gasteiger partial charge >= 0.3 is 0 Å². The Morgan fingerprint density at radius 2 is 2.27 bits per heavy atom. The van der Waals surface area contributed by atoms with Crippen LogP contribution in [0.1, 0.15) is 26.7 Å². The molecule has 0 rings (SSSR count). The number of Topliss-reactive ketones (excluding diaryl/α,β-unsaturated/α-hetero) is 1. The van der Waals surface area contributed by atoms with Gasteiger partial charge in [0.1, 0.15) is 0 Å². The van der Waals surface area contributed by atoms with Crippen LogP contribution in [0.5, 0.6) is 0 Å². The highest BCUT2D eigenvalue weighted by Crippen LogP contribution is 1.99. The van der Waals surface area contributed by atoms with Gasteiger partial charge in [-0.2, -0.15) is 0 Å². The summed E-state index contributed by atoms with van der Waals surface area (Å²) in [5.74, 6) is -0.232. The number of rotatable bonds is 5. The Kier molecular flexibility index (Phi) is 4.17. The van der Waals surface area contributed by atoms with Crippen LogP contribution in [0, 0.1) is 10.1 Å². The van der Waals surface area contributed by atoms with Crippen molar-refractivity contribution in [2.45, 2.75) is 32.8 Å². The van der Waals surface area contributed by atoms with Crippen molar-refractivity contribution in [2.24, 2.45) is 0 Å². The molecule has 0 bridgehead atoms. The smallest absolute Gasteiger partial charge is 0.295 e. The van der Waals surface area contributed by atoms with E-state index in [1.807, 2.05) is 6.92 Å². The van der Waals surface area contributed by atoms with Crippen LogP contribution in [-0.2, 0) is 9.63 Å². The van der Waals surface area contributed by atoms with Crippen molar-refractivity contribution < 1.29 is 14.7 Å². The minimum atomic E-state index is -0.946. The molecule has 0 aromatic heterocycles. The van der Waals surface area contributed by atoms with Gasteiger partial charge in [0.2, 0.25) is 0 Å². The summed E-state index contributed by atoms with van der Waals surface area (Å²) < 4.78 is 0. The third-order valence-corrected chi connectivity index (χ3v) is 1.19. The van der Waals surface area contributed by atoms with E-state index in [1.165, 1.54) is 6.92 Å². The summed E-state index contributed by atoms with van der Waals surface area (Å²) in [5, 5.41) is 8.80. The zero-order valence-corrected chi connectivity index (χ0v) is 6.57. The summed E-state index contributed by atoms with van der Waals surface area (Å²) in [6, 6.07) is 0. The lowest BCUT2D eigenvalue weighted by molar-refractivity contribution is -0.763. The summed E-state index contributed by atoms with van der Waals surface area (Å²) in [5.41, 5.74) is 0. The molecule has 0 saturated heterocycles. The fourth-order valence-corrected chi connectivity index (χ4v) is 0.638. The summed E-state index contributed by atoms with van der Waals surface area (Å²) in [6.07, 6.45) is 0.0872. The highest BCUT2D eigenvalue weighted by Gasteiger charge is 2.14. The minimum absolute atomic E-state index is 0.232. The number of hydrogen-bond acceptors (Lipinski definition) is 4. The molecule has 5 heteroatoms. The summed E-state index contributed by atoms with van der Waals surface area (Å²) >= 11 is 0. The molecule has 0 fully saturated rings. The third kappa shape index (κ3) is 4.30. The summed E-state index contributed by atoms with van der Waals surface area (Å²) in [7, 11) is 0. The van der Waals surface area contributed by atoms with Gasteiger partial charge in [0.25, 0.3) is 5.09 Å². The molecule has 0 radical (unpaired) electrons. The van der Waals surface area contributed by atoms with Crippen LogP contribution >= 0.6 is 0 Å². The van der Waals surface area contributed by atoms with Crippen molar-refractivity contribution in [3.63, 3.8) is 0 Å². The topological polar surface area (TPSA) is 69.4 Å². The molecule has 0 saturated carbocycles. The van der Waals surface area contributed by atoms with Gasteiger partial charge < -0.3 is 4.84 Å². The van der Waals surface area contributed by atoms with Crippen LogP contribution in [0.2, 0.25) is 0 Å². The lowest BCUT2D eigenvalue weighted by atomic mass is 10.2. The molecule has 0 aliphatic heterocycles. The van der Waals surface area contributed by atoms with E-state index in [-0.39, 0.29) is 5.78 Å². The third-order valence-electron chi connectivity index (χ3n) is 1.19. The van der Waals surface area contributed by atoms with Crippen molar-refractivity contribution in [3.05, 3.63) is 10.1 Å². The molecule has 0 aliphatic carbocycles. The lowest BCUT2D eigenvalue weighted by Crippen LogP contribution is -2.23. The molecule has 0 unspecified atom stereocenters. The molecule has 0 aromatic rings. The van der Waals surface area contributed by atoms with Crippen LogP contribution < -0.4 is 0 Å². The monoisotopic (exact) mass is 161 g/mol. The highest BCUT2D eigenvalue weighted by atomic mass is 17.0. The fourth-order valence-electron chi connectivity index (χ4n) is 0.638. The highest BCUT2D eigenvalue weighted by molar-refractivity contribution is 5.82. The van der Waals surface area contributed by atoms with Gasteiger partial charge in [-0.1, -0.05) is 6.92 Å². The number of carbonyl (C=O) groups is 1. The standard InChI is InChI=1S/C6H11NO4/c1-3-4-6(8)5(2)11-7(9)10/h5H,3-4H2,1-2H3/t5-/m0/s1. The van der Waals surface area contributed by atoms with Crippen molar-refractivity contribution in [1.29, 1.82) is 0 Å². The zero-order valence-electron chi connectivity index (χ0n) is 6.57. The Hall–Kier alpha value is -1.13. The quantitative estimate of drug-likeness (QED) is 0.444. The Labute approximate surface area is 64.4 Å². The van der Waals surface area contributed by atoms with Gasteiger partial charge in [-0.15, -0.1) is 10.1 Å². The first-order valence-electron chi connectivity index (χ1n) is 3.41. The van der Waals surface area contributed by atoms with Crippen molar-refractivity contribution >= 4 is 5.78 Å². The Morgan fingerprint density at radius 1 is 1.73 bits per heavy atom. The number of nitrogens with zero attached hydrogens (tertiary/aromatic N) is 1. The maximum Gasteiger partial charge on any atom is 0.295 e. The fraction of sp³-hybridized carbons (Fsp3) is 0.833. The van der Waals surface area contributed by atoms with E-state index in [0.717, 1.165) is 0 Å². The molecule has 64 valence electrons. The van der Waals surface area contributed by atoms with Crippen molar-refractivity contribution in [1.82, 2.24) is 0 Å². The van der Waals surface area contributed by atoms with Crippen LogP contribution in [0.3, 0.4) is 0 Å². The van der Waals surface area contributed by atoms with E-state index in [1.54, 1.807) is 0 Å². The second-order valence-electron chi connectivity index (χ2n) is 2.19. The molecule has 0 heterocycles. The van der Waals surface area contributed by atoms with E-state index < -0.39 is 11.2 Å². The molecule has 1 atom stereocenters. The largest absolute Gasteiger partial charge is 0.303 e. The van der Waals surface area contributed by atoms with E-state index in [4.69, 9.17) is 0 Å². The number of hydrogen-bond donors (Lipinski definition) is 0. The second kappa shape index (κ2) is 4.65. The van der Waals surface area contributed by atoms with Crippen molar-refractivity contribution in [3.8, 4) is 0 Å². The van der Waals surface area contributed by atoms with E-state index >= 15 is 0 Å². The molecule has 11 heavy (non-hydrogen) atoms. The average Bonchev–Trinajstić information content (AvgIpc) is 1.86. The first-order chi connectivity index (χ1) is 5.07. The number of carbonyl (C=O) groups excluding carboxylic acids is 1. The Balaban J connectivity index is 3.73.